The van der Waals surface area contributed by atoms with Crippen molar-refractivity contribution in [1.29, 1.82) is 0 Å². The third-order valence-corrected chi connectivity index (χ3v) is 5.53. The van der Waals surface area contributed by atoms with E-state index in [0.717, 1.165) is 17.5 Å². The highest BCUT2D eigenvalue weighted by Gasteiger charge is 2.29. The first-order valence-electron chi connectivity index (χ1n) is 7.17. The van der Waals surface area contributed by atoms with Crippen LogP contribution in [-0.2, 0) is 6.54 Å². The van der Waals surface area contributed by atoms with Crippen LogP contribution in [-0.4, -0.2) is 28.1 Å². The topological polar surface area (TPSA) is 62.5 Å². The van der Waals surface area contributed by atoms with Gasteiger partial charge < -0.3 is 14.8 Å². The molecule has 1 aliphatic rings. The number of carboxylic acid groups (broad SMARTS) is 1. The van der Waals surface area contributed by atoms with Crippen molar-refractivity contribution in [2.75, 3.05) is 12.3 Å². The predicted octanol–water partition coefficient (Wildman–Crippen LogP) is 3.51. The van der Waals surface area contributed by atoms with E-state index in [2.05, 4.69) is 12.2 Å². The fourth-order valence-corrected chi connectivity index (χ4v) is 4.15. The van der Waals surface area contributed by atoms with Gasteiger partial charge in [0.15, 0.2) is 0 Å². The fraction of sp³-hybridized carbons (Fsp3) is 0.438. The van der Waals surface area contributed by atoms with Gasteiger partial charge in [-0.25, -0.2) is 4.79 Å². The van der Waals surface area contributed by atoms with E-state index < -0.39 is 5.97 Å². The average molecular weight is 305 g/mol. The molecule has 1 atom stereocenters. The Morgan fingerprint density at radius 2 is 2.29 bits per heavy atom. The number of para-hydroxylation sites is 1. The minimum Gasteiger partial charge on any atom is -0.475 e. The number of hydrogen-bond donors (Lipinski definition) is 2. The molecule has 1 fully saturated rings. The number of hydrogen-bond acceptors (Lipinski definition) is 4. The molecule has 1 aromatic heterocycles. The van der Waals surface area contributed by atoms with E-state index in [1.54, 1.807) is 6.07 Å². The molecule has 1 unspecified atom stereocenters. The number of carboxylic acids is 1. The Morgan fingerprint density at radius 1 is 1.48 bits per heavy atom. The van der Waals surface area contributed by atoms with Gasteiger partial charge in [-0.05, 0) is 31.6 Å². The third-order valence-electron chi connectivity index (χ3n) is 3.99. The number of furan rings is 1. The van der Waals surface area contributed by atoms with Crippen LogP contribution in [0.25, 0.3) is 11.0 Å². The number of nitrogens with one attached hydrogen (secondary N) is 1. The van der Waals surface area contributed by atoms with Crippen molar-refractivity contribution in [3.63, 3.8) is 0 Å². The lowest BCUT2D eigenvalue weighted by atomic mass is 10.1. The van der Waals surface area contributed by atoms with Crippen molar-refractivity contribution in [2.45, 2.75) is 31.1 Å². The number of benzene rings is 1. The largest absolute Gasteiger partial charge is 0.475 e. The van der Waals surface area contributed by atoms with Gasteiger partial charge in [-0.2, -0.15) is 11.8 Å². The van der Waals surface area contributed by atoms with Crippen molar-refractivity contribution >= 4 is 28.7 Å². The van der Waals surface area contributed by atoms with Gasteiger partial charge in [0.1, 0.15) is 5.58 Å². The lowest BCUT2D eigenvalue weighted by Gasteiger charge is -2.22. The Labute approximate surface area is 127 Å². The minimum atomic E-state index is -1.01. The summed E-state index contributed by atoms with van der Waals surface area (Å²) in [6.07, 6.45) is 2.47. The zero-order valence-corrected chi connectivity index (χ0v) is 12.8. The zero-order valence-electron chi connectivity index (χ0n) is 12.0. The Kier molecular flexibility index (Phi) is 3.95. The van der Waals surface area contributed by atoms with Crippen molar-refractivity contribution in [3.8, 4) is 0 Å². The molecule has 21 heavy (non-hydrogen) atoms. The lowest BCUT2D eigenvalue weighted by molar-refractivity contribution is 0.0663. The molecule has 0 spiro atoms. The number of rotatable bonds is 5. The molecule has 4 nitrogen and oxygen atoms in total. The van der Waals surface area contributed by atoms with E-state index in [1.165, 1.54) is 18.6 Å². The van der Waals surface area contributed by atoms with Gasteiger partial charge in [0, 0.05) is 28.8 Å². The van der Waals surface area contributed by atoms with Crippen LogP contribution in [0.2, 0.25) is 0 Å². The summed E-state index contributed by atoms with van der Waals surface area (Å²) in [5.74, 6) is 0.255. The number of fused-ring (bicyclic) bond motifs is 1. The van der Waals surface area contributed by atoms with Crippen molar-refractivity contribution in [1.82, 2.24) is 5.32 Å². The fourth-order valence-electron chi connectivity index (χ4n) is 2.88. The summed E-state index contributed by atoms with van der Waals surface area (Å²) in [6, 6.07) is 7.47. The smallest absolute Gasteiger partial charge is 0.372 e. The highest BCUT2D eigenvalue weighted by molar-refractivity contribution is 8.00. The van der Waals surface area contributed by atoms with Gasteiger partial charge in [-0.15, -0.1) is 0 Å². The summed E-state index contributed by atoms with van der Waals surface area (Å²) in [4.78, 5) is 11.3. The monoisotopic (exact) mass is 305 g/mol. The molecular weight excluding hydrogens is 286 g/mol. The molecular formula is C16H19NO3S. The summed E-state index contributed by atoms with van der Waals surface area (Å²) in [5.41, 5.74) is 1.37. The molecule has 0 radical (unpaired) electrons. The molecule has 1 aromatic carbocycles. The Hall–Kier alpha value is -1.46. The third kappa shape index (κ3) is 2.94. The average Bonchev–Trinajstić information content (AvgIpc) is 3.04. The van der Waals surface area contributed by atoms with Gasteiger partial charge >= 0.3 is 5.97 Å². The standard InChI is InChI=1S/C16H19NO3S/c1-16(7-4-8-21-16)10-17-9-12-11-5-2-3-6-13(11)20-14(12)15(18)19/h2-3,5-6,17H,4,7-10H2,1H3,(H,18,19). The predicted molar refractivity (Wildman–Crippen MR) is 85.0 cm³/mol. The van der Waals surface area contributed by atoms with Crippen molar-refractivity contribution in [3.05, 3.63) is 35.6 Å². The first kappa shape index (κ1) is 14.5. The second-order valence-corrected chi connectivity index (χ2v) is 7.40. The summed E-state index contributed by atoms with van der Waals surface area (Å²) >= 11 is 1.99. The van der Waals surface area contributed by atoms with Gasteiger partial charge in [-0.3, -0.25) is 0 Å². The zero-order chi connectivity index (χ0) is 14.9. The molecule has 0 aliphatic carbocycles. The van der Waals surface area contributed by atoms with E-state index in [1.807, 2.05) is 30.0 Å². The summed E-state index contributed by atoms with van der Waals surface area (Å²) in [7, 11) is 0. The van der Waals surface area contributed by atoms with Crippen LogP contribution >= 0.6 is 11.8 Å². The van der Waals surface area contributed by atoms with Crippen LogP contribution in [0.5, 0.6) is 0 Å². The SMILES string of the molecule is CC1(CNCc2c(C(=O)O)oc3ccccc23)CCCS1. The number of carbonyl (C=O) groups is 1. The van der Waals surface area contributed by atoms with E-state index in [-0.39, 0.29) is 10.5 Å². The van der Waals surface area contributed by atoms with Crippen LogP contribution in [0.4, 0.5) is 0 Å². The molecule has 2 N–H and O–H groups in total. The maximum atomic E-state index is 11.3. The van der Waals surface area contributed by atoms with E-state index in [4.69, 9.17) is 4.42 Å². The maximum absolute atomic E-state index is 11.3. The van der Waals surface area contributed by atoms with E-state index in [0.29, 0.717) is 12.1 Å². The Balaban J connectivity index is 1.79. The molecule has 5 heteroatoms. The van der Waals surface area contributed by atoms with E-state index in [9.17, 15) is 9.90 Å². The molecule has 1 saturated heterocycles. The van der Waals surface area contributed by atoms with Crippen molar-refractivity contribution < 1.29 is 14.3 Å². The maximum Gasteiger partial charge on any atom is 0.372 e. The summed E-state index contributed by atoms with van der Waals surface area (Å²) in [6.45, 7) is 3.67. The van der Waals surface area contributed by atoms with Crippen LogP contribution in [0.15, 0.2) is 28.7 Å². The molecule has 2 heterocycles. The molecule has 0 amide bonds. The molecule has 2 aromatic rings. The first-order chi connectivity index (χ1) is 10.1. The highest BCUT2D eigenvalue weighted by Crippen LogP contribution is 2.37. The van der Waals surface area contributed by atoms with Crippen LogP contribution < -0.4 is 5.32 Å². The van der Waals surface area contributed by atoms with E-state index >= 15 is 0 Å². The number of thioether (sulfide) groups is 1. The summed E-state index contributed by atoms with van der Waals surface area (Å²) < 4.78 is 5.73. The molecule has 112 valence electrons. The van der Waals surface area contributed by atoms with Crippen LogP contribution in [0.1, 0.15) is 35.9 Å². The second kappa shape index (κ2) is 5.73. The van der Waals surface area contributed by atoms with Gasteiger partial charge in [-0.1, -0.05) is 18.2 Å². The number of aromatic carboxylic acids is 1. The quantitative estimate of drug-likeness (QED) is 0.885. The first-order valence-corrected chi connectivity index (χ1v) is 8.16. The molecule has 0 bridgehead atoms. The van der Waals surface area contributed by atoms with Gasteiger partial charge in [0.25, 0.3) is 0 Å². The van der Waals surface area contributed by atoms with Gasteiger partial charge in [0.2, 0.25) is 5.76 Å². The minimum absolute atomic E-state index is 0.0490. The summed E-state index contributed by atoms with van der Waals surface area (Å²) in [5, 5.41) is 13.6. The Morgan fingerprint density at radius 3 is 3.00 bits per heavy atom. The normalized spacial score (nSPS) is 22.0. The van der Waals surface area contributed by atoms with Crippen LogP contribution in [0, 0.1) is 0 Å². The highest BCUT2D eigenvalue weighted by atomic mass is 32.2. The van der Waals surface area contributed by atoms with Gasteiger partial charge in [0.05, 0.1) is 0 Å². The molecule has 0 saturated carbocycles. The Bertz CT molecular complexity index is 659. The van der Waals surface area contributed by atoms with Crippen molar-refractivity contribution in [2.24, 2.45) is 0 Å². The lowest BCUT2D eigenvalue weighted by Crippen LogP contribution is -2.32. The van der Waals surface area contributed by atoms with Crippen LogP contribution in [0.3, 0.4) is 0 Å². The molecule has 3 rings (SSSR count). The molecule has 1 aliphatic heterocycles. The second-order valence-electron chi connectivity index (χ2n) is 5.72.